The average molecular weight is 493 g/mol. The van der Waals surface area contributed by atoms with Gasteiger partial charge in [0, 0.05) is 49.2 Å². The van der Waals surface area contributed by atoms with Gasteiger partial charge in [0.15, 0.2) is 0 Å². The summed E-state index contributed by atoms with van der Waals surface area (Å²) in [4.78, 5) is 38.1. The second kappa shape index (κ2) is 10.8. The fraction of sp³-hybridized carbons (Fsp3) is 0.333. The van der Waals surface area contributed by atoms with E-state index in [-0.39, 0.29) is 42.3 Å². The Morgan fingerprint density at radius 2 is 1.92 bits per heavy atom. The number of aliphatic hydroxyl groups excluding tert-OH is 1. The van der Waals surface area contributed by atoms with Crippen LogP contribution < -0.4 is 4.74 Å². The summed E-state index contributed by atoms with van der Waals surface area (Å²) >= 11 is 0. The van der Waals surface area contributed by atoms with Gasteiger partial charge in [-0.3, -0.25) is 14.6 Å². The summed E-state index contributed by atoms with van der Waals surface area (Å²) in [7, 11) is 1.65. The Kier molecular flexibility index (Phi) is 7.59. The van der Waals surface area contributed by atoms with Crippen molar-refractivity contribution in [3.63, 3.8) is 0 Å². The molecule has 3 aromatic rings. The molecule has 1 aliphatic rings. The highest BCUT2D eigenvalue weighted by Crippen LogP contribution is 2.30. The summed E-state index contributed by atoms with van der Waals surface area (Å²) in [6.07, 6.45) is 4.48. The van der Waals surface area contributed by atoms with E-state index >= 15 is 0 Å². The highest BCUT2D eigenvalue weighted by Gasteiger charge is 2.35. The van der Waals surface area contributed by atoms with Crippen LogP contribution in [0.3, 0.4) is 0 Å². The number of likely N-dealkylation sites (N-methyl/N-ethyl adjacent to an activating group) is 1. The van der Waals surface area contributed by atoms with Crippen molar-refractivity contribution in [2.45, 2.75) is 26.0 Å². The minimum Gasteiger partial charge on any atom is -0.472 e. The first-order valence-corrected chi connectivity index (χ1v) is 11.8. The number of amides is 2. The highest BCUT2D eigenvalue weighted by molar-refractivity contribution is 5.98. The standard InChI is InChI=1S/C27H29FN4O4/c1-17-14-32(18(2)16-33)27(35)23-12-21(19-8-10-29-11-9-19)13-30-25(23)36-24(17)15-31(3)26(34)20-4-6-22(28)7-5-20/h4-13,17-18,24,33H,14-16H2,1-3H3/t17-,18+,24-/m1/s1. The smallest absolute Gasteiger partial charge is 0.259 e. The van der Waals surface area contributed by atoms with Crippen LogP contribution in [0, 0.1) is 11.7 Å². The van der Waals surface area contributed by atoms with Gasteiger partial charge in [-0.1, -0.05) is 6.92 Å². The van der Waals surface area contributed by atoms with Crippen molar-refractivity contribution in [3.05, 3.63) is 78.0 Å². The molecule has 0 saturated carbocycles. The average Bonchev–Trinajstić information content (AvgIpc) is 2.90. The number of carbonyl (C=O) groups is 2. The molecule has 188 valence electrons. The van der Waals surface area contributed by atoms with Gasteiger partial charge in [-0.05, 0) is 55.0 Å². The minimum atomic E-state index is -0.487. The number of halogens is 1. The van der Waals surface area contributed by atoms with Crippen LogP contribution in [0.15, 0.2) is 61.1 Å². The lowest BCUT2D eigenvalue weighted by Gasteiger charge is -2.37. The lowest BCUT2D eigenvalue weighted by atomic mass is 9.99. The third-order valence-electron chi connectivity index (χ3n) is 6.43. The number of hydrogen-bond donors (Lipinski definition) is 1. The number of fused-ring (bicyclic) bond motifs is 1. The number of hydrogen-bond acceptors (Lipinski definition) is 6. The molecule has 3 atom stereocenters. The molecule has 4 rings (SSSR count). The first-order chi connectivity index (χ1) is 17.3. The van der Waals surface area contributed by atoms with Crippen molar-refractivity contribution in [1.29, 1.82) is 0 Å². The first-order valence-electron chi connectivity index (χ1n) is 11.8. The van der Waals surface area contributed by atoms with Gasteiger partial charge in [0.05, 0.1) is 19.2 Å². The second-order valence-electron chi connectivity index (χ2n) is 9.13. The molecule has 1 N–H and O–H groups in total. The van der Waals surface area contributed by atoms with Crippen molar-refractivity contribution in [2.24, 2.45) is 5.92 Å². The van der Waals surface area contributed by atoms with E-state index in [1.807, 2.05) is 19.1 Å². The van der Waals surface area contributed by atoms with Gasteiger partial charge in [0.1, 0.15) is 17.5 Å². The van der Waals surface area contributed by atoms with E-state index in [1.54, 1.807) is 43.5 Å². The number of aliphatic hydroxyl groups is 1. The van der Waals surface area contributed by atoms with Crippen LogP contribution in [-0.2, 0) is 0 Å². The molecule has 0 saturated heterocycles. The Balaban J connectivity index is 1.66. The molecule has 3 heterocycles. The topological polar surface area (TPSA) is 95.9 Å². The van der Waals surface area contributed by atoms with Gasteiger partial charge in [-0.15, -0.1) is 0 Å². The van der Waals surface area contributed by atoms with Gasteiger partial charge in [-0.25, -0.2) is 9.37 Å². The molecule has 0 radical (unpaired) electrons. The molecule has 1 aromatic carbocycles. The predicted octanol–water partition coefficient (Wildman–Crippen LogP) is 3.28. The Morgan fingerprint density at radius 3 is 2.58 bits per heavy atom. The van der Waals surface area contributed by atoms with Crippen molar-refractivity contribution < 1.29 is 23.8 Å². The van der Waals surface area contributed by atoms with Gasteiger partial charge in [-0.2, -0.15) is 0 Å². The maximum atomic E-state index is 13.6. The molecule has 0 bridgehead atoms. The summed E-state index contributed by atoms with van der Waals surface area (Å²) in [6.45, 7) is 4.07. The van der Waals surface area contributed by atoms with Crippen LogP contribution in [0.25, 0.3) is 11.1 Å². The SMILES string of the molecule is C[C@@H]1CN([C@@H](C)CO)C(=O)c2cc(-c3ccncc3)cnc2O[C@@H]1CN(C)C(=O)c1ccc(F)cc1. The Bertz CT molecular complexity index is 1220. The molecule has 2 aromatic heterocycles. The maximum Gasteiger partial charge on any atom is 0.259 e. The fourth-order valence-electron chi connectivity index (χ4n) is 4.19. The molecular formula is C27H29FN4O4. The van der Waals surface area contributed by atoms with Crippen LogP contribution in [0.4, 0.5) is 4.39 Å². The quantitative estimate of drug-likeness (QED) is 0.568. The van der Waals surface area contributed by atoms with Crippen molar-refractivity contribution in [1.82, 2.24) is 19.8 Å². The monoisotopic (exact) mass is 492 g/mol. The molecule has 36 heavy (non-hydrogen) atoms. The van der Waals surface area contributed by atoms with Gasteiger partial charge in [0.25, 0.3) is 11.8 Å². The summed E-state index contributed by atoms with van der Waals surface area (Å²) in [5, 5.41) is 9.84. The fourth-order valence-corrected chi connectivity index (χ4v) is 4.19. The number of rotatable bonds is 6. The van der Waals surface area contributed by atoms with Gasteiger partial charge in [0.2, 0.25) is 5.88 Å². The lowest BCUT2D eigenvalue weighted by molar-refractivity contribution is 0.0313. The highest BCUT2D eigenvalue weighted by atomic mass is 19.1. The maximum absolute atomic E-state index is 13.6. The van der Waals surface area contributed by atoms with E-state index < -0.39 is 18.0 Å². The molecule has 9 heteroatoms. The third kappa shape index (κ3) is 5.36. The second-order valence-corrected chi connectivity index (χ2v) is 9.13. The van der Waals surface area contributed by atoms with Crippen LogP contribution in [0.2, 0.25) is 0 Å². The minimum absolute atomic E-state index is 0.173. The van der Waals surface area contributed by atoms with Crippen LogP contribution in [0.1, 0.15) is 34.6 Å². The van der Waals surface area contributed by atoms with Crippen molar-refractivity contribution >= 4 is 11.8 Å². The number of nitrogens with zero attached hydrogens (tertiary/aromatic N) is 4. The van der Waals surface area contributed by atoms with E-state index in [4.69, 9.17) is 4.74 Å². The van der Waals surface area contributed by atoms with Gasteiger partial charge >= 0.3 is 0 Å². The van der Waals surface area contributed by atoms with Crippen molar-refractivity contribution in [2.75, 3.05) is 26.7 Å². The summed E-state index contributed by atoms with van der Waals surface area (Å²) in [5.41, 5.74) is 2.24. The molecule has 1 aliphatic heterocycles. The Hall–Kier alpha value is -3.85. The van der Waals surface area contributed by atoms with Crippen LogP contribution >= 0.6 is 0 Å². The summed E-state index contributed by atoms with van der Waals surface area (Å²) in [5.74, 6) is -0.974. The molecule has 0 unspecified atom stereocenters. The van der Waals surface area contributed by atoms with Gasteiger partial charge < -0.3 is 19.6 Å². The molecule has 2 amide bonds. The van der Waals surface area contributed by atoms with Crippen LogP contribution in [0.5, 0.6) is 5.88 Å². The lowest BCUT2D eigenvalue weighted by Crippen LogP contribution is -2.50. The zero-order valence-electron chi connectivity index (χ0n) is 20.5. The number of pyridine rings is 2. The number of benzene rings is 1. The summed E-state index contributed by atoms with van der Waals surface area (Å²) < 4.78 is 19.6. The third-order valence-corrected chi connectivity index (χ3v) is 6.43. The number of ether oxygens (including phenoxy) is 1. The summed E-state index contributed by atoms with van der Waals surface area (Å²) in [6, 6.07) is 10.3. The molecule has 0 fully saturated rings. The Labute approximate surface area is 209 Å². The zero-order valence-corrected chi connectivity index (χ0v) is 20.5. The Morgan fingerprint density at radius 1 is 1.22 bits per heavy atom. The van der Waals surface area contributed by atoms with Crippen LogP contribution in [-0.4, -0.2) is 75.6 Å². The number of aromatic nitrogens is 2. The normalized spacial score (nSPS) is 18.5. The largest absolute Gasteiger partial charge is 0.472 e. The van der Waals surface area contributed by atoms with Crippen molar-refractivity contribution in [3.8, 4) is 17.0 Å². The van der Waals surface area contributed by atoms with E-state index in [1.165, 1.54) is 29.2 Å². The van der Waals surface area contributed by atoms with E-state index in [0.717, 1.165) is 11.1 Å². The molecule has 0 spiro atoms. The molecular weight excluding hydrogens is 463 g/mol. The molecule has 0 aliphatic carbocycles. The van der Waals surface area contributed by atoms with E-state index in [9.17, 15) is 19.1 Å². The van der Waals surface area contributed by atoms with E-state index in [2.05, 4.69) is 9.97 Å². The molecule has 8 nitrogen and oxygen atoms in total. The zero-order chi connectivity index (χ0) is 25.8. The first kappa shape index (κ1) is 25.2. The number of carbonyl (C=O) groups excluding carboxylic acids is 2. The predicted molar refractivity (Wildman–Crippen MR) is 132 cm³/mol. The van der Waals surface area contributed by atoms with E-state index in [0.29, 0.717) is 12.1 Å².